The van der Waals surface area contributed by atoms with E-state index in [0.29, 0.717) is 6.42 Å². The summed E-state index contributed by atoms with van der Waals surface area (Å²) in [6.07, 6.45) is 3.65. The predicted molar refractivity (Wildman–Crippen MR) is 56.4 cm³/mol. The number of epoxide rings is 1. The lowest BCUT2D eigenvalue weighted by atomic mass is 10.0. The zero-order valence-corrected chi connectivity index (χ0v) is 8.35. The van der Waals surface area contributed by atoms with Crippen LogP contribution in [0.5, 0.6) is 0 Å². The Hall–Kier alpha value is -1.41. The van der Waals surface area contributed by atoms with Gasteiger partial charge in [-0.15, -0.1) is 0 Å². The van der Waals surface area contributed by atoms with Gasteiger partial charge < -0.3 is 4.74 Å². The third-order valence-electron chi connectivity index (χ3n) is 2.99. The second-order valence-electron chi connectivity index (χ2n) is 4.07. The van der Waals surface area contributed by atoms with Crippen LogP contribution < -0.4 is 0 Å². The number of hydrogen-bond donors (Lipinski definition) is 0. The molecule has 1 aromatic carbocycles. The van der Waals surface area contributed by atoms with Crippen molar-refractivity contribution in [2.45, 2.75) is 25.0 Å². The van der Waals surface area contributed by atoms with E-state index < -0.39 is 0 Å². The first-order valence-corrected chi connectivity index (χ1v) is 5.28. The number of ketones is 1. The zero-order chi connectivity index (χ0) is 10.3. The first-order chi connectivity index (χ1) is 7.34. The van der Waals surface area contributed by atoms with E-state index in [2.05, 4.69) is 12.1 Å². The lowest BCUT2D eigenvalue weighted by Gasteiger charge is -1.95. The summed E-state index contributed by atoms with van der Waals surface area (Å²) in [5.74, 6) is 0.243. The van der Waals surface area contributed by atoms with Crippen LogP contribution in [-0.2, 0) is 9.53 Å². The molecule has 1 aliphatic heterocycles. The largest absolute Gasteiger partial charge is 0.360 e. The van der Waals surface area contributed by atoms with Gasteiger partial charge >= 0.3 is 0 Å². The minimum atomic E-state index is 0.166. The fourth-order valence-electron chi connectivity index (χ4n) is 2.13. The molecular formula is C13H12O2. The maximum atomic E-state index is 11.1. The molecule has 2 nitrogen and oxygen atoms in total. The van der Waals surface area contributed by atoms with Crippen LogP contribution in [0.3, 0.4) is 0 Å². The first-order valence-electron chi connectivity index (χ1n) is 5.28. The summed E-state index contributed by atoms with van der Waals surface area (Å²) in [6, 6.07) is 10.2. The van der Waals surface area contributed by atoms with Crippen LogP contribution in [0.25, 0.3) is 0 Å². The van der Waals surface area contributed by atoms with E-state index >= 15 is 0 Å². The molecule has 76 valence electrons. The Balaban J connectivity index is 1.75. The molecule has 0 spiro atoms. The highest BCUT2D eigenvalue weighted by Crippen LogP contribution is 2.45. The minimum absolute atomic E-state index is 0.166. The quantitative estimate of drug-likeness (QED) is 0.686. The van der Waals surface area contributed by atoms with Crippen LogP contribution in [0, 0.1) is 0 Å². The van der Waals surface area contributed by atoms with Crippen LogP contribution in [0.1, 0.15) is 24.5 Å². The fourth-order valence-corrected chi connectivity index (χ4v) is 2.13. The summed E-state index contributed by atoms with van der Waals surface area (Å²) in [5, 5.41) is 0. The third kappa shape index (κ3) is 1.61. The van der Waals surface area contributed by atoms with E-state index in [1.807, 2.05) is 18.2 Å². The number of carbonyl (C=O) groups excluding carboxylic acids is 1. The van der Waals surface area contributed by atoms with Crippen molar-refractivity contribution in [2.24, 2.45) is 0 Å². The molecular weight excluding hydrogens is 188 g/mol. The molecule has 1 aromatic rings. The highest BCUT2D eigenvalue weighted by Gasteiger charge is 2.43. The molecule has 1 heterocycles. The topological polar surface area (TPSA) is 29.6 Å². The number of rotatable bonds is 2. The molecule has 1 fully saturated rings. The van der Waals surface area contributed by atoms with Gasteiger partial charge in [0.15, 0.2) is 5.78 Å². The van der Waals surface area contributed by atoms with Gasteiger partial charge in [0, 0.05) is 6.42 Å². The molecule has 0 amide bonds. The van der Waals surface area contributed by atoms with Gasteiger partial charge in [0.25, 0.3) is 0 Å². The van der Waals surface area contributed by atoms with Gasteiger partial charge in [-0.25, -0.2) is 0 Å². The SMILES string of the molecule is O=C1C=C(C2OC2c2ccccc2)CC1. The summed E-state index contributed by atoms with van der Waals surface area (Å²) in [5.41, 5.74) is 2.39. The summed E-state index contributed by atoms with van der Waals surface area (Å²) in [4.78, 5) is 11.1. The van der Waals surface area contributed by atoms with Crippen molar-refractivity contribution in [1.82, 2.24) is 0 Å². The van der Waals surface area contributed by atoms with E-state index in [9.17, 15) is 4.79 Å². The second kappa shape index (κ2) is 3.31. The molecule has 0 aromatic heterocycles. The fraction of sp³-hybridized carbons (Fsp3) is 0.308. The van der Waals surface area contributed by atoms with E-state index in [4.69, 9.17) is 4.74 Å². The van der Waals surface area contributed by atoms with Crippen molar-refractivity contribution in [1.29, 1.82) is 0 Å². The molecule has 15 heavy (non-hydrogen) atoms. The Bertz CT molecular complexity index is 419. The highest BCUT2D eigenvalue weighted by molar-refractivity contribution is 5.93. The van der Waals surface area contributed by atoms with Crippen LogP contribution in [0.2, 0.25) is 0 Å². The summed E-state index contributed by atoms with van der Waals surface area (Å²) >= 11 is 0. The van der Waals surface area contributed by atoms with E-state index in [1.54, 1.807) is 6.08 Å². The van der Waals surface area contributed by atoms with Gasteiger partial charge in [0.1, 0.15) is 12.2 Å². The molecule has 2 aliphatic rings. The Labute approximate surface area is 88.6 Å². The monoisotopic (exact) mass is 200 g/mol. The number of carbonyl (C=O) groups is 1. The zero-order valence-electron chi connectivity index (χ0n) is 8.35. The average Bonchev–Trinajstić information content (AvgIpc) is 2.96. The molecule has 2 heteroatoms. The molecule has 2 atom stereocenters. The smallest absolute Gasteiger partial charge is 0.156 e. The maximum absolute atomic E-state index is 11.1. The standard InChI is InChI=1S/C13H12O2/c14-11-7-6-10(8-11)13-12(15-13)9-4-2-1-3-5-9/h1-5,8,12-13H,6-7H2. The van der Waals surface area contributed by atoms with Gasteiger partial charge in [0.2, 0.25) is 0 Å². The van der Waals surface area contributed by atoms with Gasteiger partial charge in [-0.1, -0.05) is 30.3 Å². The molecule has 1 saturated heterocycles. The average molecular weight is 200 g/mol. The Morgan fingerprint density at radius 2 is 1.87 bits per heavy atom. The maximum Gasteiger partial charge on any atom is 0.156 e. The number of ether oxygens (including phenoxy) is 1. The van der Waals surface area contributed by atoms with Gasteiger partial charge in [0.05, 0.1) is 0 Å². The van der Waals surface area contributed by atoms with E-state index in [1.165, 1.54) is 11.1 Å². The van der Waals surface area contributed by atoms with Crippen molar-refractivity contribution < 1.29 is 9.53 Å². The lowest BCUT2D eigenvalue weighted by molar-refractivity contribution is -0.114. The number of hydrogen-bond acceptors (Lipinski definition) is 2. The van der Waals surface area contributed by atoms with Crippen molar-refractivity contribution in [3.05, 3.63) is 47.5 Å². The highest BCUT2D eigenvalue weighted by atomic mass is 16.6. The molecule has 0 N–H and O–H groups in total. The molecule has 0 saturated carbocycles. The number of allylic oxidation sites excluding steroid dienone is 1. The van der Waals surface area contributed by atoms with Crippen molar-refractivity contribution in [3.8, 4) is 0 Å². The summed E-state index contributed by atoms with van der Waals surface area (Å²) in [7, 11) is 0. The normalized spacial score (nSPS) is 29.1. The van der Waals surface area contributed by atoms with E-state index in [0.717, 1.165) is 6.42 Å². The Morgan fingerprint density at radius 1 is 1.07 bits per heavy atom. The van der Waals surface area contributed by atoms with Gasteiger partial charge in [-0.3, -0.25) is 4.79 Å². The lowest BCUT2D eigenvalue weighted by Crippen LogP contribution is -1.91. The third-order valence-corrected chi connectivity index (χ3v) is 2.99. The summed E-state index contributed by atoms with van der Waals surface area (Å²) < 4.78 is 5.61. The molecule has 1 aliphatic carbocycles. The van der Waals surface area contributed by atoms with Crippen molar-refractivity contribution in [3.63, 3.8) is 0 Å². The molecule has 3 rings (SSSR count). The van der Waals surface area contributed by atoms with Gasteiger partial charge in [-0.2, -0.15) is 0 Å². The Kier molecular flexibility index (Phi) is 1.96. The number of benzene rings is 1. The van der Waals surface area contributed by atoms with Crippen LogP contribution in [0.15, 0.2) is 42.0 Å². The van der Waals surface area contributed by atoms with Crippen molar-refractivity contribution >= 4 is 5.78 Å². The second-order valence-corrected chi connectivity index (χ2v) is 4.07. The van der Waals surface area contributed by atoms with Gasteiger partial charge in [-0.05, 0) is 23.6 Å². The predicted octanol–water partition coefficient (Wildman–Crippen LogP) is 2.42. The molecule has 0 radical (unpaired) electrons. The summed E-state index contributed by atoms with van der Waals surface area (Å²) in [6.45, 7) is 0. The minimum Gasteiger partial charge on any atom is -0.360 e. The van der Waals surface area contributed by atoms with Crippen LogP contribution >= 0.6 is 0 Å². The van der Waals surface area contributed by atoms with Crippen molar-refractivity contribution in [2.75, 3.05) is 0 Å². The molecule has 2 unspecified atom stereocenters. The van der Waals surface area contributed by atoms with E-state index in [-0.39, 0.29) is 18.0 Å². The van der Waals surface area contributed by atoms with Crippen LogP contribution in [-0.4, -0.2) is 11.9 Å². The first kappa shape index (κ1) is 8.86. The Morgan fingerprint density at radius 3 is 2.53 bits per heavy atom. The molecule has 0 bridgehead atoms. The van der Waals surface area contributed by atoms with Crippen LogP contribution in [0.4, 0.5) is 0 Å².